The molecule has 2 aromatic rings. The zero-order valence-electron chi connectivity index (χ0n) is 10.2. The summed E-state index contributed by atoms with van der Waals surface area (Å²) in [5.41, 5.74) is 4.41. The SMILES string of the molecule is CN(Cc1ccco1)C(=O)c1c(F)ccc(N)c1F. The normalized spacial score (nSPS) is 10.5. The molecule has 2 rings (SSSR count). The number of anilines is 1. The molecule has 0 aliphatic rings. The fraction of sp³-hybridized carbons (Fsp3) is 0.154. The zero-order chi connectivity index (χ0) is 14.0. The zero-order valence-corrected chi connectivity index (χ0v) is 10.2. The molecule has 0 unspecified atom stereocenters. The van der Waals surface area contributed by atoms with Crippen LogP contribution < -0.4 is 5.73 Å². The summed E-state index contributed by atoms with van der Waals surface area (Å²) in [6.07, 6.45) is 1.45. The van der Waals surface area contributed by atoms with Crippen LogP contribution in [0.15, 0.2) is 34.9 Å². The molecule has 6 heteroatoms. The fourth-order valence-electron chi connectivity index (χ4n) is 1.66. The van der Waals surface area contributed by atoms with Gasteiger partial charge in [0.2, 0.25) is 0 Å². The van der Waals surface area contributed by atoms with Crippen molar-refractivity contribution in [3.63, 3.8) is 0 Å². The number of halogens is 2. The molecule has 19 heavy (non-hydrogen) atoms. The van der Waals surface area contributed by atoms with Gasteiger partial charge in [-0.2, -0.15) is 0 Å². The Balaban J connectivity index is 2.27. The minimum Gasteiger partial charge on any atom is -0.467 e. The molecule has 0 bridgehead atoms. The Bertz CT molecular complexity index is 597. The Kier molecular flexibility index (Phi) is 3.50. The first-order valence-corrected chi connectivity index (χ1v) is 5.52. The third-order valence-electron chi connectivity index (χ3n) is 2.65. The van der Waals surface area contributed by atoms with E-state index in [1.165, 1.54) is 13.3 Å². The first-order chi connectivity index (χ1) is 9.00. The topological polar surface area (TPSA) is 59.5 Å². The van der Waals surface area contributed by atoms with Crippen LogP contribution in [0.25, 0.3) is 0 Å². The van der Waals surface area contributed by atoms with Gasteiger partial charge in [-0.05, 0) is 24.3 Å². The number of hydrogen-bond donors (Lipinski definition) is 1. The Morgan fingerprint density at radius 1 is 1.37 bits per heavy atom. The number of carbonyl (C=O) groups is 1. The van der Waals surface area contributed by atoms with Crippen molar-refractivity contribution in [3.05, 3.63) is 53.5 Å². The summed E-state index contributed by atoms with van der Waals surface area (Å²) in [5, 5.41) is 0. The lowest BCUT2D eigenvalue weighted by Crippen LogP contribution is -2.28. The van der Waals surface area contributed by atoms with Gasteiger partial charge in [-0.15, -0.1) is 0 Å². The predicted molar refractivity (Wildman–Crippen MR) is 65.3 cm³/mol. The quantitative estimate of drug-likeness (QED) is 0.868. The number of hydrogen-bond acceptors (Lipinski definition) is 3. The van der Waals surface area contributed by atoms with Crippen LogP contribution >= 0.6 is 0 Å². The summed E-state index contributed by atoms with van der Waals surface area (Å²) in [6.45, 7) is 0.111. The number of carbonyl (C=O) groups excluding carboxylic acids is 1. The van der Waals surface area contributed by atoms with Crippen molar-refractivity contribution in [1.29, 1.82) is 0 Å². The van der Waals surface area contributed by atoms with Crippen LogP contribution in [0.3, 0.4) is 0 Å². The van der Waals surface area contributed by atoms with E-state index in [9.17, 15) is 13.6 Å². The highest BCUT2D eigenvalue weighted by molar-refractivity contribution is 5.95. The first kappa shape index (κ1) is 13.1. The lowest BCUT2D eigenvalue weighted by atomic mass is 10.1. The number of amides is 1. The van der Waals surface area contributed by atoms with E-state index < -0.39 is 23.1 Å². The van der Waals surface area contributed by atoms with Crippen LogP contribution in [0.1, 0.15) is 16.1 Å². The largest absolute Gasteiger partial charge is 0.467 e. The predicted octanol–water partition coefficient (Wildman–Crippen LogP) is 2.41. The van der Waals surface area contributed by atoms with Crippen LogP contribution in [0.2, 0.25) is 0 Å². The molecule has 1 aromatic heterocycles. The van der Waals surface area contributed by atoms with E-state index >= 15 is 0 Å². The van der Waals surface area contributed by atoms with E-state index in [2.05, 4.69) is 0 Å². The average Bonchev–Trinajstić information content (AvgIpc) is 2.87. The van der Waals surface area contributed by atoms with Crippen LogP contribution in [-0.2, 0) is 6.54 Å². The molecule has 0 saturated carbocycles. The van der Waals surface area contributed by atoms with Gasteiger partial charge in [0, 0.05) is 7.05 Å². The van der Waals surface area contributed by atoms with Crippen molar-refractivity contribution < 1.29 is 18.0 Å². The van der Waals surface area contributed by atoms with Crippen LogP contribution in [-0.4, -0.2) is 17.9 Å². The molecule has 1 amide bonds. The van der Waals surface area contributed by atoms with E-state index in [0.29, 0.717) is 5.76 Å². The van der Waals surface area contributed by atoms with Gasteiger partial charge in [0.05, 0.1) is 18.5 Å². The molecule has 2 N–H and O–H groups in total. The molecule has 1 heterocycles. The number of nitrogens with zero attached hydrogens (tertiary/aromatic N) is 1. The Hall–Kier alpha value is -2.37. The standard InChI is InChI=1S/C13H12F2N2O2/c1-17(7-8-3-2-6-19-8)13(18)11-9(14)4-5-10(16)12(11)15/h2-6H,7,16H2,1H3. The number of nitrogens with two attached hydrogens (primary N) is 1. The molecular formula is C13H12F2N2O2. The third-order valence-corrected chi connectivity index (χ3v) is 2.65. The maximum Gasteiger partial charge on any atom is 0.260 e. The molecule has 0 fully saturated rings. The first-order valence-electron chi connectivity index (χ1n) is 5.52. The van der Waals surface area contributed by atoms with Crippen molar-refractivity contribution >= 4 is 11.6 Å². The minimum atomic E-state index is -1.05. The maximum absolute atomic E-state index is 13.7. The van der Waals surface area contributed by atoms with Crippen molar-refractivity contribution in [1.82, 2.24) is 4.90 Å². The Morgan fingerprint density at radius 3 is 2.74 bits per heavy atom. The van der Waals surface area contributed by atoms with E-state index in [1.807, 2.05) is 0 Å². The summed E-state index contributed by atoms with van der Waals surface area (Å²) < 4.78 is 32.3. The van der Waals surface area contributed by atoms with Crippen LogP contribution in [0, 0.1) is 11.6 Å². The molecule has 0 spiro atoms. The fourth-order valence-corrected chi connectivity index (χ4v) is 1.66. The van der Waals surface area contributed by atoms with Gasteiger partial charge >= 0.3 is 0 Å². The van der Waals surface area contributed by atoms with Gasteiger partial charge < -0.3 is 15.1 Å². The molecule has 4 nitrogen and oxygen atoms in total. The number of furan rings is 1. The van der Waals surface area contributed by atoms with Gasteiger partial charge in [-0.25, -0.2) is 8.78 Å². The number of rotatable bonds is 3. The smallest absolute Gasteiger partial charge is 0.260 e. The minimum absolute atomic E-state index is 0.111. The van der Waals surface area contributed by atoms with Gasteiger partial charge in [0.25, 0.3) is 5.91 Å². The molecule has 1 aromatic carbocycles. The molecule has 0 aliphatic heterocycles. The van der Waals surface area contributed by atoms with Crippen molar-refractivity contribution in [3.8, 4) is 0 Å². The molecule has 0 aliphatic carbocycles. The third kappa shape index (κ3) is 2.57. The van der Waals surface area contributed by atoms with Crippen molar-refractivity contribution in [2.24, 2.45) is 0 Å². The second kappa shape index (κ2) is 5.09. The Morgan fingerprint density at radius 2 is 2.11 bits per heavy atom. The summed E-state index contributed by atoms with van der Waals surface area (Å²) in [4.78, 5) is 13.2. The molecule has 0 atom stereocenters. The molecule has 100 valence electrons. The summed E-state index contributed by atoms with van der Waals surface area (Å²) in [5.74, 6) is -2.27. The van der Waals surface area contributed by atoms with E-state index in [0.717, 1.165) is 17.0 Å². The summed E-state index contributed by atoms with van der Waals surface area (Å²) in [7, 11) is 1.42. The monoisotopic (exact) mass is 266 g/mol. The highest BCUT2D eigenvalue weighted by Gasteiger charge is 2.23. The summed E-state index contributed by atoms with van der Waals surface area (Å²) in [6, 6.07) is 5.37. The second-order valence-corrected chi connectivity index (χ2v) is 4.07. The average molecular weight is 266 g/mol. The van der Waals surface area contributed by atoms with E-state index in [1.54, 1.807) is 12.1 Å². The highest BCUT2D eigenvalue weighted by atomic mass is 19.1. The molecule has 0 radical (unpaired) electrons. The van der Waals surface area contributed by atoms with E-state index in [-0.39, 0.29) is 12.2 Å². The van der Waals surface area contributed by atoms with Crippen molar-refractivity contribution in [2.45, 2.75) is 6.54 Å². The number of benzene rings is 1. The lowest BCUT2D eigenvalue weighted by Gasteiger charge is -2.17. The second-order valence-electron chi connectivity index (χ2n) is 4.07. The maximum atomic E-state index is 13.7. The van der Waals surface area contributed by atoms with Gasteiger partial charge in [0.1, 0.15) is 17.1 Å². The molecular weight excluding hydrogens is 254 g/mol. The number of nitrogen functional groups attached to an aromatic ring is 1. The van der Waals surface area contributed by atoms with Gasteiger partial charge in [0.15, 0.2) is 5.82 Å². The molecule has 0 saturated heterocycles. The Labute approximate surface area is 108 Å². The van der Waals surface area contributed by atoms with Crippen LogP contribution in [0.4, 0.5) is 14.5 Å². The van der Waals surface area contributed by atoms with Gasteiger partial charge in [-0.3, -0.25) is 4.79 Å². The highest BCUT2D eigenvalue weighted by Crippen LogP contribution is 2.20. The van der Waals surface area contributed by atoms with Crippen molar-refractivity contribution in [2.75, 3.05) is 12.8 Å². The van der Waals surface area contributed by atoms with Gasteiger partial charge in [-0.1, -0.05) is 0 Å². The van der Waals surface area contributed by atoms with Crippen LogP contribution in [0.5, 0.6) is 0 Å². The summed E-state index contributed by atoms with van der Waals surface area (Å²) >= 11 is 0. The van der Waals surface area contributed by atoms with E-state index in [4.69, 9.17) is 10.2 Å². The lowest BCUT2D eigenvalue weighted by molar-refractivity contribution is 0.0766.